The van der Waals surface area contributed by atoms with Gasteiger partial charge >= 0.3 is 0 Å². The molecule has 1 heterocycles. The number of amides is 2. The first kappa shape index (κ1) is 14.8. The predicted molar refractivity (Wildman–Crippen MR) is 84.9 cm³/mol. The summed E-state index contributed by atoms with van der Waals surface area (Å²) in [7, 11) is 0. The standard InChI is InChI=1S/C18H22N2O2/c1-12-3-4-13(2)15(9-12)10-20(11-21)17-8-7-16(14-5-6-14)19-18(17)22/h3-4,9,11,17H,5-8,10H2,1-2H3,(H,19,22). The van der Waals surface area contributed by atoms with Crippen molar-refractivity contribution in [2.45, 2.75) is 52.1 Å². The lowest BCUT2D eigenvalue weighted by Gasteiger charge is -2.32. The van der Waals surface area contributed by atoms with Crippen LogP contribution < -0.4 is 5.32 Å². The van der Waals surface area contributed by atoms with Gasteiger partial charge in [-0.25, -0.2) is 0 Å². The fourth-order valence-electron chi connectivity index (χ4n) is 3.04. The maximum Gasteiger partial charge on any atom is 0.246 e. The molecule has 1 saturated carbocycles. The van der Waals surface area contributed by atoms with Crippen molar-refractivity contribution in [2.75, 3.05) is 0 Å². The number of rotatable bonds is 4. The highest BCUT2D eigenvalue weighted by molar-refractivity contribution is 5.86. The summed E-state index contributed by atoms with van der Waals surface area (Å²) in [5, 5.41) is 3.00. The van der Waals surface area contributed by atoms with Gasteiger partial charge in [-0.15, -0.1) is 0 Å². The molecule has 1 unspecified atom stereocenters. The normalized spacial score (nSPS) is 20.6. The van der Waals surface area contributed by atoms with E-state index < -0.39 is 0 Å². The summed E-state index contributed by atoms with van der Waals surface area (Å²) in [6.07, 6.45) is 4.61. The molecule has 4 nitrogen and oxygen atoms in total. The van der Waals surface area contributed by atoms with Crippen LogP contribution in [-0.2, 0) is 16.1 Å². The maximum atomic E-state index is 12.3. The molecule has 0 aromatic heterocycles. The fourth-order valence-corrected chi connectivity index (χ4v) is 3.04. The van der Waals surface area contributed by atoms with Gasteiger partial charge in [0.05, 0.1) is 0 Å². The van der Waals surface area contributed by atoms with Crippen molar-refractivity contribution in [3.05, 3.63) is 46.2 Å². The summed E-state index contributed by atoms with van der Waals surface area (Å²) in [6.45, 7) is 4.56. The van der Waals surface area contributed by atoms with E-state index in [1.165, 1.54) is 11.1 Å². The maximum absolute atomic E-state index is 12.3. The van der Waals surface area contributed by atoms with E-state index >= 15 is 0 Å². The first-order chi connectivity index (χ1) is 10.6. The Morgan fingerprint density at radius 1 is 1.27 bits per heavy atom. The third-order valence-corrected chi connectivity index (χ3v) is 4.56. The molecule has 0 spiro atoms. The zero-order chi connectivity index (χ0) is 15.7. The zero-order valence-electron chi connectivity index (χ0n) is 13.2. The van der Waals surface area contributed by atoms with Crippen LogP contribution in [0.4, 0.5) is 0 Å². The molecular weight excluding hydrogens is 276 g/mol. The van der Waals surface area contributed by atoms with Crippen molar-refractivity contribution in [1.82, 2.24) is 10.2 Å². The van der Waals surface area contributed by atoms with Gasteiger partial charge in [-0.05, 0) is 50.7 Å². The number of hydrogen-bond donors (Lipinski definition) is 1. The summed E-state index contributed by atoms with van der Waals surface area (Å²) in [6, 6.07) is 5.85. The Bertz CT molecular complexity index is 642. The summed E-state index contributed by atoms with van der Waals surface area (Å²) in [5.41, 5.74) is 5.89. The molecule has 0 bridgehead atoms. The van der Waals surface area contributed by atoms with E-state index in [1.54, 1.807) is 4.90 Å². The van der Waals surface area contributed by atoms with Gasteiger partial charge < -0.3 is 10.2 Å². The Kier molecular flexibility index (Phi) is 4.01. The van der Waals surface area contributed by atoms with E-state index in [0.717, 1.165) is 42.5 Å². The average molecular weight is 298 g/mol. The number of nitrogens with zero attached hydrogens (tertiary/aromatic N) is 1. The Morgan fingerprint density at radius 3 is 2.68 bits per heavy atom. The van der Waals surface area contributed by atoms with Crippen LogP contribution in [0.2, 0.25) is 0 Å². The van der Waals surface area contributed by atoms with E-state index in [0.29, 0.717) is 13.0 Å². The van der Waals surface area contributed by atoms with Crippen molar-refractivity contribution in [2.24, 2.45) is 0 Å². The number of nitrogens with one attached hydrogen (secondary N) is 1. The monoisotopic (exact) mass is 298 g/mol. The molecule has 22 heavy (non-hydrogen) atoms. The quantitative estimate of drug-likeness (QED) is 0.869. The van der Waals surface area contributed by atoms with Crippen LogP contribution in [0.5, 0.6) is 0 Å². The zero-order valence-corrected chi connectivity index (χ0v) is 13.2. The smallest absolute Gasteiger partial charge is 0.246 e. The second kappa shape index (κ2) is 5.95. The molecule has 2 fully saturated rings. The van der Waals surface area contributed by atoms with Crippen LogP contribution in [0.1, 0.15) is 42.4 Å². The summed E-state index contributed by atoms with van der Waals surface area (Å²) >= 11 is 0. The van der Waals surface area contributed by atoms with Crippen LogP contribution in [0.15, 0.2) is 29.5 Å². The molecular formula is C18H22N2O2. The lowest BCUT2D eigenvalue weighted by Crippen LogP contribution is -2.49. The van der Waals surface area contributed by atoms with E-state index in [4.69, 9.17) is 0 Å². The van der Waals surface area contributed by atoms with Crippen molar-refractivity contribution in [3.63, 3.8) is 0 Å². The third-order valence-electron chi connectivity index (χ3n) is 4.56. The number of hydrogen-bond acceptors (Lipinski definition) is 2. The van der Waals surface area contributed by atoms with Crippen molar-refractivity contribution in [1.29, 1.82) is 0 Å². The number of benzene rings is 1. The SMILES string of the molecule is Cc1ccc(C)c(CN(C=O)C2CCC(=C3CC3)NC2=O)c1. The molecule has 0 radical (unpaired) electrons. The number of piperidine rings is 1. The molecule has 1 aromatic carbocycles. The largest absolute Gasteiger partial charge is 0.329 e. The Balaban J connectivity index is 1.74. The highest BCUT2D eigenvalue weighted by Gasteiger charge is 2.32. The molecule has 1 aliphatic heterocycles. The third kappa shape index (κ3) is 3.06. The number of carbonyl (C=O) groups is 2. The second-order valence-electron chi connectivity index (χ2n) is 6.33. The van der Waals surface area contributed by atoms with E-state index in [2.05, 4.69) is 23.5 Å². The molecule has 1 aromatic rings. The molecule has 4 heteroatoms. The van der Waals surface area contributed by atoms with Gasteiger partial charge in [0.1, 0.15) is 6.04 Å². The molecule has 2 aliphatic rings. The van der Waals surface area contributed by atoms with Crippen LogP contribution in [0, 0.1) is 13.8 Å². The second-order valence-corrected chi connectivity index (χ2v) is 6.33. The van der Waals surface area contributed by atoms with E-state index in [1.807, 2.05) is 13.8 Å². The van der Waals surface area contributed by atoms with Gasteiger partial charge in [0.2, 0.25) is 12.3 Å². The van der Waals surface area contributed by atoms with Crippen molar-refractivity contribution >= 4 is 12.3 Å². The molecule has 116 valence electrons. The van der Waals surface area contributed by atoms with Crippen LogP contribution >= 0.6 is 0 Å². The van der Waals surface area contributed by atoms with Gasteiger partial charge in [0, 0.05) is 12.2 Å². The van der Waals surface area contributed by atoms with Gasteiger partial charge in [-0.3, -0.25) is 9.59 Å². The Labute approximate surface area is 131 Å². The summed E-state index contributed by atoms with van der Waals surface area (Å²) in [5.74, 6) is -0.0435. The number of aryl methyl sites for hydroxylation is 2. The van der Waals surface area contributed by atoms with E-state index in [-0.39, 0.29) is 11.9 Å². The van der Waals surface area contributed by atoms with Crippen LogP contribution in [0.3, 0.4) is 0 Å². The molecule has 1 aliphatic carbocycles. The number of allylic oxidation sites excluding steroid dienone is 2. The van der Waals surface area contributed by atoms with Gasteiger partial charge in [-0.1, -0.05) is 29.3 Å². The first-order valence-electron chi connectivity index (χ1n) is 7.87. The highest BCUT2D eigenvalue weighted by Crippen LogP contribution is 2.34. The minimum Gasteiger partial charge on any atom is -0.329 e. The average Bonchev–Trinajstić information content (AvgIpc) is 3.33. The predicted octanol–water partition coefficient (Wildman–Crippen LogP) is 2.59. The van der Waals surface area contributed by atoms with Gasteiger partial charge in [-0.2, -0.15) is 0 Å². The minimum absolute atomic E-state index is 0.0435. The topological polar surface area (TPSA) is 49.4 Å². The van der Waals surface area contributed by atoms with Crippen molar-refractivity contribution in [3.8, 4) is 0 Å². The fraction of sp³-hybridized carbons (Fsp3) is 0.444. The van der Waals surface area contributed by atoms with Crippen molar-refractivity contribution < 1.29 is 9.59 Å². The first-order valence-corrected chi connectivity index (χ1v) is 7.87. The van der Waals surface area contributed by atoms with Crippen LogP contribution in [0.25, 0.3) is 0 Å². The Hall–Kier alpha value is -2.10. The van der Waals surface area contributed by atoms with E-state index in [9.17, 15) is 9.59 Å². The summed E-state index contributed by atoms with van der Waals surface area (Å²) < 4.78 is 0. The Morgan fingerprint density at radius 2 is 2.05 bits per heavy atom. The number of carbonyl (C=O) groups excluding carboxylic acids is 2. The molecule has 3 rings (SSSR count). The molecule has 1 N–H and O–H groups in total. The summed E-state index contributed by atoms with van der Waals surface area (Å²) in [4.78, 5) is 25.5. The molecule has 2 amide bonds. The minimum atomic E-state index is -0.361. The molecule has 1 saturated heterocycles. The highest BCUT2D eigenvalue weighted by atomic mass is 16.2. The van der Waals surface area contributed by atoms with Crippen LogP contribution in [-0.4, -0.2) is 23.3 Å². The van der Waals surface area contributed by atoms with Gasteiger partial charge in [0.25, 0.3) is 0 Å². The lowest BCUT2D eigenvalue weighted by atomic mass is 10.00. The van der Waals surface area contributed by atoms with Gasteiger partial charge in [0.15, 0.2) is 0 Å². The lowest BCUT2D eigenvalue weighted by molar-refractivity contribution is -0.134. The molecule has 1 atom stereocenters.